The van der Waals surface area contributed by atoms with Crippen LogP contribution in [0.2, 0.25) is 0 Å². The van der Waals surface area contributed by atoms with E-state index in [0.29, 0.717) is 12.1 Å². The number of pyridine rings is 1. The third-order valence-electron chi connectivity index (χ3n) is 4.05. The van der Waals surface area contributed by atoms with Gasteiger partial charge in [-0.25, -0.2) is 9.59 Å². The van der Waals surface area contributed by atoms with E-state index in [1.165, 1.54) is 9.47 Å². The molecule has 0 bridgehead atoms. The zero-order chi connectivity index (χ0) is 19.8. The predicted molar refractivity (Wildman–Crippen MR) is 102 cm³/mol. The van der Waals surface area contributed by atoms with Crippen molar-refractivity contribution in [2.24, 2.45) is 7.05 Å². The van der Waals surface area contributed by atoms with Gasteiger partial charge in [0.2, 0.25) is 0 Å². The van der Waals surface area contributed by atoms with Crippen LogP contribution in [0.1, 0.15) is 26.5 Å². The number of hydrogen-bond donors (Lipinski definition) is 0. The Hall–Kier alpha value is -3.09. The van der Waals surface area contributed by atoms with Crippen LogP contribution >= 0.6 is 0 Å². The number of nitrogens with zero attached hydrogens (tertiary/aromatic N) is 3. The third kappa shape index (κ3) is 4.19. The van der Waals surface area contributed by atoms with Gasteiger partial charge < -0.3 is 14.1 Å². The van der Waals surface area contributed by atoms with Gasteiger partial charge in [0.1, 0.15) is 5.60 Å². The minimum atomic E-state index is -0.533. The quantitative estimate of drug-likeness (QED) is 0.705. The number of carbonyl (C=O) groups is 1. The van der Waals surface area contributed by atoms with Crippen LogP contribution in [-0.2, 0) is 18.3 Å². The highest BCUT2D eigenvalue weighted by molar-refractivity contribution is 5.80. The second-order valence-corrected chi connectivity index (χ2v) is 7.48. The fraction of sp³-hybridized carbons (Fsp3) is 0.350. The summed E-state index contributed by atoms with van der Waals surface area (Å²) >= 11 is 0. The molecule has 0 unspecified atom stereocenters. The van der Waals surface area contributed by atoms with Crippen LogP contribution in [0.25, 0.3) is 22.2 Å². The monoisotopic (exact) mass is 369 g/mol. The van der Waals surface area contributed by atoms with Crippen LogP contribution in [0.15, 0.2) is 45.7 Å². The van der Waals surface area contributed by atoms with Gasteiger partial charge in [-0.1, -0.05) is 12.1 Å². The molecule has 3 aromatic rings. The molecule has 0 spiro atoms. The van der Waals surface area contributed by atoms with Crippen molar-refractivity contribution in [3.8, 4) is 11.1 Å². The molecule has 0 aliphatic carbocycles. The van der Waals surface area contributed by atoms with Crippen LogP contribution in [0.3, 0.4) is 0 Å². The van der Waals surface area contributed by atoms with Gasteiger partial charge in [-0.3, -0.25) is 9.55 Å². The Balaban J connectivity index is 1.76. The van der Waals surface area contributed by atoms with Gasteiger partial charge in [0, 0.05) is 25.9 Å². The molecular formula is C20H23N3O4. The summed E-state index contributed by atoms with van der Waals surface area (Å²) in [5.41, 5.74) is 3.34. The summed E-state index contributed by atoms with van der Waals surface area (Å²) in [4.78, 5) is 29.6. The van der Waals surface area contributed by atoms with E-state index >= 15 is 0 Å². The number of oxazole rings is 1. The number of hydrogen-bond acceptors (Lipinski definition) is 5. The van der Waals surface area contributed by atoms with E-state index in [0.717, 1.165) is 22.3 Å². The highest BCUT2D eigenvalue weighted by Crippen LogP contribution is 2.23. The lowest BCUT2D eigenvalue weighted by atomic mass is 10.1. The fourth-order valence-corrected chi connectivity index (χ4v) is 2.64. The van der Waals surface area contributed by atoms with Crippen molar-refractivity contribution >= 4 is 17.2 Å². The Labute approximate surface area is 157 Å². The zero-order valence-electron chi connectivity index (χ0n) is 16.1. The number of amides is 1. The molecular weight excluding hydrogens is 346 g/mol. The Morgan fingerprint density at radius 1 is 1.22 bits per heavy atom. The third-order valence-corrected chi connectivity index (χ3v) is 4.05. The summed E-state index contributed by atoms with van der Waals surface area (Å²) in [6.45, 7) is 5.85. The van der Waals surface area contributed by atoms with E-state index in [1.807, 2.05) is 45.0 Å². The van der Waals surface area contributed by atoms with E-state index < -0.39 is 5.60 Å². The van der Waals surface area contributed by atoms with Crippen molar-refractivity contribution in [3.05, 3.63) is 52.8 Å². The Morgan fingerprint density at radius 2 is 1.93 bits per heavy atom. The maximum absolute atomic E-state index is 12.0. The number of benzene rings is 1. The standard InChI is InChI=1S/C20H23N3O4/c1-20(2,3)27-18(24)22(4)12-15-8-6-14(11-21-15)13-7-9-17-16(10-13)23(5)19(25)26-17/h6-11H,12H2,1-5H3. The molecule has 0 aliphatic rings. The van der Waals surface area contributed by atoms with Crippen LogP contribution in [0.4, 0.5) is 4.79 Å². The van der Waals surface area contributed by atoms with Crippen molar-refractivity contribution < 1.29 is 13.9 Å². The number of rotatable bonds is 3. The van der Waals surface area contributed by atoms with Crippen molar-refractivity contribution in [1.29, 1.82) is 0 Å². The second kappa shape index (κ2) is 6.90. The van der Waals surface area contributed by atoms with Crippen LogP contribution in [0, 0.1) is 0 Å². The van der Waals surface area contributed by atoms with Crippen molar-refractivity contribution in [3.63, 3.8) is 0 Å². The Bertz CT molecular complexity index is 1030. The molecule has 142 valence electrons. The lowest BCUT2D eigenvalue weighted by Gasteiger charge is -2.24. The minimum absolute atomic E-state index is 0.352. The molecule has 27 heavy (non-hydrogen) atoms. The topological polar surface area (TPSA) is 77.6 Å². The summed E-state index contributed by atoms with van der Waals surface area (Å²) in [6.07, 6.45) is 1.36. The summed E-state index contributed by atoms with van der Waals surface area (Å²) in [7, 11) is 3.35. The first kappa shape index (κ1) is 18.7. The molecule has 0 atom stereocenters. The lowest BCUT2D eigenvalue weighted by molar-refractivity contribution is 0.0283. The minimum Gasteiger partial charge on any atom is -0.444 e. The lowest BCUT2D eigenvalue weighted by Crippen LogP contribution is -2.34. The van der Waals surface area contributed by atoms with Gasteiger partial charge in [-0.2, -0.15) is 0 Å². The zero-order valence-corrected chi connectivity index (χ0v) is 16.1. The summed E-state index contributed by atoms with van der Waals surface area (Å²) in [5, 5.41) is 0. The first-order valence-electron chi connectivity index (χ1n) is 8.63. The normalized spacial score (nSPS) is 11.6. The van der Waals surface area contributed by atoms with Crippen LogP contribution in [-0.4, -0.2) is 33.2 Å². The fourth-order valence-electron chi connectivity index (χ4n) is 2.64. The molecule has 0 saturated heterocycles. The molecule has 3 rings (SSSR count). The highest BCUT2D eigenvalue weighted by atomic mass is 16.6. The Morgan fingerprint density at radius 3 is 2.56 bits per heavy atom. The molecule has 2 aromatic heterocycles. The van der Waals surface area contributed by atoms with Gasteiger partial charge in [-0.15, -0.1) is 0 Å². The molecule has 7 nitrogen and oxygen atoms in total. The van der Waals surface area contributed by atoms with Gasteiger partial charge in [-0.05, 0) is 44.5 Å². The van der Waals surface area contributed by atoms with Gasteiger partial charge in [0.15, 0.2) is 5.58 Å². The molecule has 1 aromatic carbocycles. The second-order valence-electron chi connectivity index (χ2n) is 7.48. The number of ether oxygens (including phenoxy) is 1. The molecule has 0 aliphatic heterocycles. The molecule has 2 heterocycles. The van der Waals surface area contributed by atoms with E-state index in [2.05, 4.69) is 4.98 Å². The van der Waals surface area contributed by atoms with E-state index in [1.54, 1.807) is 26.4 Å². The Kier molecular flexibility index (Phi) is 4.78. The smallest absolute Gasteiger partial charge is 0.419 e. The summed E-state index contributed by atoms with van der Waals surface area (Å²) < 4.78 is 12.0. The van der Waals surface area contributed by atoms with Gasteiger partial charge >= 0.3 is 11.8 Å². The van der Waals surface area contributed by atoms with E-state index in [9.17, 15) is 9.59 Å². The number of fused-ring (bicyclic) bond motifs is 1. The molecule has 0 radical (unpaired) electrons. The number of carbonyl (C=O) groups excluding carboxylic acids is 1. The number of aryl methyl sites for hydroxylation is 1. The van der Waals surface area contributed by atoms with Crippen molar-refractivity contribution in [1.82, 2.24) is 14.5 Å². The SMILES string of the molecule is CN(Cc1ccc(-c2ccc3oc(=O)n(C)c3c2)cn1)C(=O)OC(C)(C)C. The average molecular weight is 369 g/mol. The van der Waals surface area contributed by atoms with Crippen molar-refractivity contribution in [2.75, 3.05) is 7.05 Å². The maximum Gasteiger partial charge on any atom is 0.419 e. The average Bonchev–Trinajstić information content (AvgIpc) is 2.88. The molecule has 0 saturated carbocycles. The van der Waals surface area contributed by atoms with E-state index in [4.69, 9.17) is 9.15 Å². The largest absolute Gasteiger partial charge is 0.444 e. The first-order chi connectivity index (χ1) is 12.6. The molecule has 7 heteroatoms. The van der Waals surface area contributed by atoms with Crippen molar-refractivity contribution in [2.45, 2.75) is 32.9 Å². The highest BCUT2D eigenvalue weighted by Gasteiger charge is 2.19. The summed E-state index contributed by atoms with van der Waals surface area (Å²) in [6, 6.07) is 9.36. The predicted octanol–water partition coefficient (Wildman–Crippen LogP) is 3.56. The number of aromatic nitrogens is 2. The van der Waals surface area contributed by atoms with Crippen LogP contribution < -0.4 is 5.76 Å². The molecule has 0 fully saturated rings. The first-order valence-corrected chi connectivity index (χ1v) is 8.63. The summed E-state index contributed by atoms with van der Waals surface area (Å²) in [5.74, 6) is -0.388. The molecule has 1 amide bonds. The maximum atomic E-state index is 12.0. The van der Waals surface area contributed by atoms with E-state index in [-0.39, 0.29) is 11.8 Å². The van der Waals surface area contributed by atoms with Gasteiger partial charge in [0.05, 0.1) is 17.8 Å². The van der Waals surface area contributed by atoms with Gasteiger partial charge in [0.25, 0.3) is 0 Å². The van der Waals surface area contributed by atoms with Crippen LogP contribution in [0.5, 0.6) is 0 Å². The molecule has 0 N–H and O–H groups in total.